The van der Waals surface area contributed by atoms with Crippen LogP contribution >= 0.6 is 0 Å². The Morgan fingerprint density at radius 1 is 1.40 bits per heavy atom. The highest BCUT2D eigenvalue weighted by Crippen LogP contribution is 2.28. The molecule has 3 heterocycles. The van der Waals surface area contributed by atoms with Gasteiger partial charge in [-0.05, 0) is 38.0 Å². The van der Waals surface area contributed by atoms with Gasteiger partial charge >= 0.3 is 0 Å². The molecule has 1 N–H and O–H groups in total. The molecule has 3 rings (SSSR count). The van der Waals surface area contributed by atoms with Gasteiger partial charge in [-0.2, -0.15) is 5.10 Å². The molecule has 20 heavy (non-hydrogen) atoms. The normalized spacial score (nSPS) is 18.5. The minimum atomic E-state index is 0.0216. The molecule has 1 fully saturated rings. The highest BCUT2D eigenvalue weighted by Gasteiger charge is 2.30. The summed E-state index contributed by atoms with van der Waals surface area (Å²) in [4.78, 5) is 18.6. The molecular formula is C15H18N4O. The van der Waals surface area contributed by atoms with Crippen LogP contribution in [0.3, 0.4) is 0 Å². The fourth-order valence-corrected chi connectivity index (χ4v) is 2.77. The van der Waals surface area contributed by atoms with Crippen LogP contribution < -0.4 is 0 Å². The van der Waals surface area contributed by atoms with Crippen molar-refractivity contribution >= 4 is 5.91 Å². The van der Waals surface area contributed by atoms with Gasteiger partial charge in [-0.15, -0.1) is 0 Å². The maximum Gasteiger partial charge on any atom is 0.272 e. The van der Waals surface area contributed by atoms with Crippen LogP contribution in [-0.2, 0) is 0 Å². The summed E-state index contributed by atoms with van der Waals surface area (Å²) in [6.07, 6.45) is 2.81. The van der Waals surface area contributed by atoms with E-state index in [-0.39, 0.29) is 5.91 Å². The van der Waals surface area contributed by atoms with Crippen LogP contribution in [0.5, 0.6) is 0 Å². The second-order valence-electron chi connectivity index (χ2n) is 5.37. The average molecular weight is 270 g/mol. The summed E-state index contributed by atoms with van der Waals surface area (Å²) in [6.45, 7) is 5.46. The summed E-state index contributed by atoms with van der Waals surface area (Å²) in [5, 5.41) is 7.12. The lowest BCUT2D eigenvalue weighted by molar-refractivity contribution is 0.0784. The maximum absolute atomic E-state index is 12.4. The van der Waals surface area contributed by atoms with Gasteiger partial charge in [0.15, 0.2) is 0 Å². The number of nitrogens with zero attached hydrogens (tertiary/aromatic N) is 3. The number of hydrogen-bond donors (Lipinski definition) is 1. The summed E-state index contributed by atoms with van der Waals surface area (Å²) in [5.41, 5.74) is 3.72. The average Bonchev–Trinajstić information content (AvgIpc) is 3.06. The number of aromatic nitrogens is 3. The number of carbonyl (C=O) groups excluding carboxylic acids is 1. The van der Waals surface area contributed by atoms with Gasteiger partial charge in [-0.25, -0.2) is 4.98 Å². The standard InChI is InChI=1S/C15H18N4O/c1-10-8-16-18-14(10)12-6-7-19(9-12)15(20)13-5-3-4-11(2)17-13/h3-5,8,12H,6-7,9H2,1-2H3,(H,16,18)/t12-/m0/s1. The molecule has 0 aromatic carbocycles. The molecule has 0 saturated carbocycles. The van der Waals surface area contributed by atoms with Crippen molar-refractivity contribution in [1.29, 1.82) is 0 Å². The van der Waals surface area contributed by atoms with Gasteiger partial charge in [0.05, 0.1) is 6.20 Å². The molecule has 1 saturated heterocycles. The van der Waals surface area contributed by atoms with Gasteiger partial charge in [0.2, 0.25) is 0 Å². The Labute approximate surface area is 118 Å². The molecule has 5 heteroatoms. The smallest absolute Gasteiger partial charge is 0.272 e. The van der Waals surface area contributed by atoms with Gasteiger partial charge in [0.1, 0.15) is 5.69 Å². The largest absolute Gasteiger partial charge is 0.337 e. The topological polar surface area (TPSA) is 61.9 Å². The molecule has 1 amide bonds. The Kier molecular flexibility index (Phi) is 3.26. The summed E-state index contributed by atoms with van der Waals surface area (Å²) in [5.74, 6) is 0.375. The van der Waals surface area contributed by atoms with Crippen molar-refractivity contribution in [3.8, 4) is 0 Å². The first-order valence-corrected chi connectivity index (χ1v) is 6.88. The number of H-pyrrole nitrogens is 1. The van der Waals surface area contributed by atoms with E-state index in [2.05, 4.69) is 15.2 Å². The van der Waals surface area contributed by atoms with Crippen molar-refractivity contribution in [2.24, 2.45) is 0 Å². The van der Waals surface area contributed by atoms with E-state index in [1.54, 1.807) is 6.07 Å². The Hall–Kier alpha value is -2.17. The van der Waals surface area contributed by atoms with Crippen molar-refractivity contribution in [1.82, 2.24) is 20.1 Å². The number of rotatable bonds is 2. The Balaban J connectivity index is 1.74. The molecule has 0 radical (unpaired) electrons. The zero-order valence-corrected chi connectivity index (χ0v) is 11.8. The number of pyridine rings is 1. The number of nitrogens with one attached hydrogen (secondary N) is 1. The lowest BCUT2D eigenvalue weighted by Crippen LogP contribution is -2.29. The van der Waals surface area contributed by atoms with Crippen molar-refractivity contribution in [2.75, 3.05) is 13.1 Å². The number of amides is 1. The third-order valence-electron chi connectivity index (χ3n) is 3.86. The van der Waals surface area contributed by atoms with Crippen molar-refractivity contribution in [3.05, 3.63) is 47.0 Å². The first kappa shape index (κ1) is 12.8. The lowest BCUT2D eigenvalue weighted by atomic mass is 10.0. The molecule has 0 aliphatic carbocycles. The second kappa shape index (κ2) is 5.07. The van der Waals surface area contributed by atoms with E-state index >= 15 is 0 Å². The summed E-state index contributed by atoms with van der Waals surface area (Å²) >= 11 is 0. The van der Waals surface area contributed by atoms with Crippen molar-refractivity contribution in [3.63, 3.8) is 0 Å². The molecule has 0 spiro atoms. The molecular weight excluding hydrogens is 252 g/mol. The number of aromatic amines is 1. The molecule has 0 unspecified atom stereocenters. The van der Waals surface area contributed by atoms with Crippen LogP contribution in [-0.4, -0.2) is 39.1 Å². The summed E-state index contributed by atoms with van der Waals surface area (Å²) in [7, 11) is 0. The third kappa shape index (κ3) is 2.31. The number of likely N-dealkylation sites (tertiary alicyclic amines) is 1. The third-order valence-corrected chi connectivity index (χ3v) is 3.86. The van der Waals surface area contributed by atoms with E-state index in [9.17, 15) is 4.79 Å². The van der Waals surface area contributed by atoms with E-state index in [1.165, 1.54) is 0 Å². The van der Waals surface area contributed by atoms with Crippen LogP contribution in [0.4, 0.5) is 0 Å². The lowest BCUT2D eigenvalue weighted by Gasteiger charge is -2.16. The van der Waals surface area contributed by atoms with E-state index in [0.29, 0.717) is 11.6 Å². The predicted octanol–water partition coefficient (Wildman–Crippen LogP) is 2.05. The molecule has 2 aromatic rings. The zero-order valence-electron chi connectivity index (χ0n) is 11.8. The minimum Gasteiger partial charge on any atom is -0.337 e. The van der Waals surface area contributed by atoms with E-state index in [1.807, 2.05) is 37.1 Å². The molecule has 5 nitrogen and oxygen atoms in total. The minimum absolute atomic E-state index is 0.0216. The van der Waals surface area contributed by atoms with Gasteiger partial charge in [-0.1, -0.05) is 6.07 Å². The summed E-state index contributed by atoms with van der Waals surface area (Å²) in [6, 6.07) is 5.56. The molecule has 2 aromatic heterocycles. The molecule has 1 aliphatic heterocycles. The molecule has 1 atom stereocenters. The molecule has 104 valence electrons. The summed E-state index contributed by atoms with van der Waals surface area (Å²) < 4.78 is 0. The van der Waals surface area contributed by atoms with Gasteiger partial charge < -0.3 is 4.90 Å². The fourth-order valence-electron chi connectivity index (χ4n) is 2.77. The highest BCUT2D eigenvalue weighted by molar-refractivity contribution is 5.92. The van der Waals surface area contributed by atoms with Crippen LogP contribution in [0, 0.1) is 13.8 Å². The van der Waals surface area contributed by atoms with Crippen molar-refractivity contribution in [2.45, 2.75) is 26.2 Å². The van der Waals surface area contributed by atoms with Crippen LogP contribution in [0.25, 0.3) is 0 Å². The first-order chi connectivity index (χ1) is 9.65. The van der Waals surface area contributed by atoms with Gasteiger partial charge in [0, 0.05) is 30.4 Å². The van der Waals surface area contributed by atoms with Gasteiger partial charge in [0.25, 0.3) is 5.91 Å². The molecule has 1 aliphatic rings. The van der Waals surface area contributed by atoms with E-state index in [0.717, 1.165) is 36.5 Å². The highest BCUT2D eigenvalue weighted by atomic mass is 16.2. The Morgan fingerprint density at radius 2 is 2.25 bits per heavy atom. The molecule has 0 bridgehead atoms. The number of aryl methyl sites for hydroxylation is 2. The monoisotopic (exact) mass is 270 g/mol. The van der Waals surface area contributed by atoms with Crippen LogP contribution in [0.15, 0.2) is 24.4 Å². The fraction of sp³-hybridized carbons (Fsp3) is 0.400. The number of carbonyl (C=O) groups is 1. The maximum atomic E-state index is 12.4. The van der Waals surface area contributed by atoms with Crippen molar-refractivity contribution < 1.29 is 4.79 Å². The first-order valence-electron chi connectivity index (χ1n) is 6.88. The van der Waals surface area contributed by atoms with Crippen LogP contribution in [0.2, 0.25) is 0 Å². The Bertz CT molecular complexity index is 634. The zero-order chi connectivity index (χ0) is 14.1. The van der Waals surface area contributed by atoms with E-state index < -0.39 is 0 Å². The second-order valence-corrected chi connectivity index (χ2v) is 5.37. The van der Waals surface area contributed by atoms with E-state index in [4.69, 9.17) is 0 Å². The van der Waals surface area contributed by atoms with Crippen LogP contribution in [0.1, 0.15) is 39.8 Å². The number of hydrogen-bond acceptors (Lipinski definition) is 3. The predicted molar refractivity (Wildman–Crippen MR) is 75.6 cm³/mol. The quantitative estimate of drug-likeness (QED) is 0.908. The van der Waals surface area contributed by atoms with Gasteiger partial charge in [-0.3, -0.25) is 9.89 Å². The SMILES string of the molecule is Cc1cccc(C(=O)N2CC[C@H](c3[nH]ncc3C)C2)n1. The Morgan fingerprint density at radius 3 is 2.95 bits per heavy atom.